The van der Waals surface area contributed by atoms with Crippen molar-refractivity contribution in [3.8, 4) is 0 Å². The van der Waals surface area contributed by atoms with Gasteiger partial charge in [0.25, 0.3) is 0 Å². The first-order chi connectivity index (χ1) is 9.04. The molecule has 0 radical (unpaired) electrons. The first-order valence-corrected chi connectivity index (χ1v) is 6.10. The first kappa shape index (κ1) is 15.2. The number of carboxylic acid groups (broad SMARTS) is 1. The van der Waals surface area contributed by atoms with Gasteiger partial charge in [-0.05, 0) is 5.56 Å². The lowest BCUT2D eigenvalue weighted by Crippen LogP contribution is -2.45. The van der Waals surface area contributed by atoms with Gasteiger partial charge in [-0.1, -0.05) is 37.3 Å². The van der Waals surface area contributed by atoms with E-state index in [0.29, 0.717) is 0 Å². The smallest absolute Gasteiger partial charge is 0.326 e. The first-order valence-electron chi connectivity index (χ1n) is 6.10. The van der Waals surface area contributed by atoms with Crippen molar-refractivity contribution in [2.24, 2.45) is 5.92 Å². The molecule has 0 spiro atoms. The van der Waals surface area contributed by atoms with Crippen LogP contribution >= 0.6 is 0 Å². The quantitative estimate of drug-likeness (QED) is 0.773. The fraction of sp³-hybridized carbons (Fsp3) is 0.429. The van der Waals surface area contributed by atoms with E-state index in [4.69, 9.17) is 9.84 Å². The molecule has 1 amide bonds. The third kappa shape index (κ3) is 5.09. The van der Waals surface area contributed by atoms with Crippen LogP contribution in [0.4, 0.5) is 0 Å². The number of methoxy groups -OCH3 is 1. The fourth-order valence-corrected chi connectivity index (χ4v) is 1.69. The number of aliphatic carboxylic acids is 1. The highest BCUT2D eigenvalue weighted by Crippen LogP contribution is 2.05. The van der Waals surface area contributed by atoms with Gasteiger partial charge in [0.2, 0.25) is 5.91 Å². The van der Waals surface area contributed by atoms with Gasteiger partial charge in [-0.25, -0.2) is 4.79 Å². The van der Waals surface area contributed by atoms with Crippen molar-refractivity contribution in [2.45, 2.75) is 19.4 Å². The van der Waals surface area contributed by atoms with Crippen LogP contribution in [0.3, 0.4) is 0 Å². The topological polar surface area (TPSA) is 75.6 Å². The Morgan fingerprint density at radius 1 is 1.32 bits per heavy atom. The molecule has 5 heteroatoms. The molecule has 104 valence electrons. The summed E-state index contributed by atoms with van der Waals surface area (Å²) in [4.78, 5) is 23.0. The number of amides is 1. The SMILES string of the molecule is COCC(C)C(=O)NC(Cc1ccccc1)C(=O)O. The summed E-state index contributed by atoms with van der Waals surface area (Å²) < 4.78 is 4.88. The van der Waals surface area contributed by atoms with E-state index in [2.05, 4.69) is 5.32 Å². The van der Waals surface area contributed by atoms with Gasteiger partial charge in [0.1, 0.15) is 6.04 Å². The van der Waals surface area contributed by atoms with Crippen LogP contribution in [0.5, 0.6) is 0 Å². The van der Waals surface area contributed by atoms with Gasteiger partial charge in [0, 0.05) is 13.5 Å². The van der Waals surface area contributed by atoms with Crippen molar-refractivity contribution < 1.29 is 19.4 Å². The Morgan fingerprint density at radius 3 is 2.47 bits per heavy atom. The Balaban J connectivity index is 2.64. The predicted octanol–water partition coefficient (Wildman–Crippen LogP) is 1.08. The van der Waals surface area contributed by atoms with Gasteiger partial charge >= 0.3 is 5.97 Å². The number of carbonyl (C=O) groups is 2. The van der Waals surface area contributed by atoms with Crippen molar-refractivity contribution in [1.82, 2.24) is 5.32 Å². The Morgan fingerprint density at radius 2 is 1.95 bits per heavy atom. The van der Waals surface area contributed by atoms with Gasteiger partial charge in [-0.2, -0.15) is 0 Å². The van der Waals surface area contributed by atoms with E-state index in [1.165, 1.54) is 7.11 Å². The van der Waals surface area contributed by atoms with Crippen LogP contribution < -0.4 is 5.32 Å². The third-order valence-electron chi connectivity index (χ3n) is 2.76. The Hall–Kier alpha value is -1.88. The summed E-state index contributed by atoms with van der Waals surface area (Å²) >= 11 is 0. The van der Waals surface area contributed by atoms with E-state index < -0.39 is 12.0 Å². The molecule has 2 atom stereocenters. The summed E-state index contributed by atoms with van der Waals surface area (Å²) in [5.74, 6) is -1.73. The van der Waals surface area contributed by atoms with Crippen LogP contribution in [0.25, 0.3) is 0 Å². The molecular weight excluding hydrogens is 246 g/mol. The van der Waals surface area contributed by atoms with E-state index in [9.17, 15) is 9.59 Å². The normalized spacial score (nSPS) is 13.6. The molecule has 0 fully saturated rings. The minimum atomic E-state index is -1.04. The molecule has 5 nitrogen and oxygen atoms in total. The van der Waals surface area contributed by atoms with Crippen molar-refractivity contribution in [3.63, 3.8) is 0 Å². The number of nitrogens with one attached hydrogen (secondary N) is 1. The molecule has 1 aromatic rings. The molecule has 0 saturated carbocycles. The number of carboxylic acids is 1. The van der Waals surface area contributed by atoms with Crippen molar-refractivity contribution in [2.75, 3.05) is 13.7 Å². The molecule has 0 heterocycles. The number of benzene rings is 1. The summed E-state index contributed by atoms with van der Waals surface area (Å²) in [7, 11) is 1.50. The fourth-order valence-electron chi connectivity index (χ4n) is 1.69. The molecule has 0 aromatic heterocycles. The molecular formula is C14H19NO4. The molecule has 0 saturated heterocycles. The summed E-state index contributed by atoms with van der Waals surface area (Å²) in [6.07, 6.45) is 0.265. The lowest BCUT2D eigenvalue weighted by Gasteiger charge is -2.17. The molecule has 1 aromatic carbocycles. The highest BCUT2D eigenvalue weighted by Gasteiger charge is 2.23. The molecule has 0 aliphatic rings. The molecule has 2 unspecified atom stereocenters. The Labute approximate surface area is 112 Å². The summed E-state index contributed by atoms with van der Waals surface area (Å²) in [6, 6.07) is 8.28. The van der Waals surface area contributed by atoms with Gasteiger partial charge in [0.05, 0.1) is 12.5 Å². The second-order valence-electron chi connectivity index (χ2n) is 4.45. The molecule has 0 aliphatic carbocycles. The molecule has 0 aliphatic heterocycles. The minimum Gasteiger partial charge on any atom is -0.480 e. The zero-order valence-corrected chi connectivity index (χ0v) is 11.1. The Bertz CT molecular complexity index is 419. The number of hydrogen-bond acceptors (Lipinski definition) is 3. The second kappa shape index (κ2) is 7.53. The van der Waals surface area contributed by atoms with E-state index in [1.807, 2.05) is 30.3 Å². The van der Waals surface area contributed by atoms with Gasteiger partial charge < -0.3 is 15.2 Å². The summed E-state index contributed by atoms with van der Waals surface area (Å²) in [6.45, 7) is 1.96. The maximum Gasteiger partial charge on any atom is 0.326 e. The summed E-state index contributed by atoms with van der Waals surface area (Å²) in [5.41, 5.74) is 0.870. The largest absolute Gasteiger partial charge is 0.480 e. The van der Waals surface area contributed by atoms with Crippen molar-refractivity contribution in [3.05, 3.63) is 35.9 Å². The van der Waals surface area contributed by atoms with E-state index >= 15 is 0 Å². The zero-order chi connectivity index (χ0) is 14.3. The van der Waals surface area contributed by atoms with Crippen LogP contribution in [-0.2, 0) is 20.7 Å². The average molecular weight is 265 g/mol. The second-order valence-corrected chi connectivity index (χ2v) is 4.45. The van der Waals surface area contributed by atoms with E-state index in [0.717, 1.165) is 5.56 Å². The van der Waals surface area contributed by atoms with E-state index in [-0.39, 0.29) is 24.9 Å². The zero-order valence-electron chi connectivity index (χ0n) is 11.1. The average Bonchev–Trinajstić information content (AvgIpc) is 2.39. The third-order valence-corrected chi connectivity index (χ3v) is 2.76. The van der Waals surface area contributed by atoms with Crippen molar-refractivity contribution in [1.29, 1.82) is 0 Å². The number of ether oxygens (including phenoxy) is 1. The highest BCUT2D eigenvalue weighted by molar-refractivity contribution is 5.85. The van der Waals surface area contributed by atoms with Gasteiger partial charge in [-0.15, -0.1) is 0 Å². The highest BCUT2D eigenvalue weighted by atomic mass is 16.5. The summed E-state index contributed by atoms with van der Waals surface area (Å²) in [5, 5.41) is 11.7. The van der Waals surface area contributed by atoms with Gasteiger partial charge in [-0.3, -0.25) is 4.79 Å². The van der Waals surface area contributed by atoms with Crippen molar-refractivity contribution >= 4 is 11.9 Å². The van der Waals surface area contributed by atoms with E-state index in [1.54, 1.807) is 6.92 Å². The lowest BCUT2D eigenvalue weighted by molar-refractivity contribution is -0.142. The number of carbonyl (C=O) groups excluding carboxylic acids is 1. The standard InChI is InChI=1S/C14H19NO4/c1-10(9-19-2)13(16)15-12(14(17)18)8-11-6-4-3-5-7-11/h3-7,10,12H,8-9H2,1-2H3,(H,15,16)(H,17,18). The van der Waals surface area contributed by atoms with Crippen LogP contribution in [0.2, 0.25) is 0 Å². The maximum atomic E-state index is 11.8. The van der Waals surface area contributed by atoms with Crippen LogP contribution in [0.1, 0.15) is 12.5 Å². The molecule has 19 heavy (non-hydrogen) atoms. The van der Waals surface area contributed by atoms with Crippen LogP contribution in [-0.4, -0.2) is 36.7 Å². The minimum absolute atomic E-state index is 0.265. The van der Waals surface area contributed by atoms with Crippen LogP contribution in [0, 0.1) is 5.92 Å². The number of hydrogen-bond donors (Lipinski definition) is 2. The molecule has 1 rings (SSSR count). The monoisotopic (exact) mass is 265 g/mol. The number of rotatable bonds is 7. The lowest BCUT2D eigenvalue weighted by atomic mass is 10.0. The van der Waals surface area contributed by atoms with Crippen LogP contribution in [0.15, 0.2) is 30.3 Å². The maximum absolute atomic E-state index is 11.8. The van der Waals surface area contributed by atoms with Gasteiger partial charge in [0.15, 0.2) is 0 Å². The predicted molar refractivity (Wildman–Crippen MR) is 70.8 cm³/mol. The molecule has 2 N–H and O–H groups in total. The molecule has 0 bridgehead atoms. The Kier molecular flexibility index (Phi) is 6.02.